The highest BCUT2D eigenvalue weighted by Gasteiger charge is 2.32. The number of nitrogens with zero attached hydrogens (tertiary/aromatic N) is 4. The largest absolute Gasteiger partial charge is 0.353 e. The minimum Gasteiger partial charge on any atom is -0.353 e. The highest BCUT2D eigenvalue weighted by Crippen LogP contribution is 2.25. The summed E-state index contributed by atoms with van der Waals surface area (Å²) < 4.78 is 0. The maximum atomic E-state index is 4.68. The molecular formula is C15H21N7. The van der Waals surface area contributed by atoms with Crippen molar-refractivity contribution in [1.82, 2.24) is 25.5 Å². The highest BCUT2D eigenvalue weighted by atomic mass is 15.3. The zero-order chi connectivity index (χ0) is 15.1. The minimum absolute atomic E-state index is 0.597. The van der Waals surface area contributed by atoms with Gasteiger partial charge in [0.15, 0.2) is 5.82 Å². The first-order valence-electron chi connectivity index (χ1n) is 7.81. The van der Waals surface area contributed by atoms with Crippen LogP contribution in [0.3, 0.4) is 0 Å². The van der Waals surface area contributed by atoms with E-state index in [4.69, 9.17) is 0 Å². The van der Waals surface area contributed by atoms with Gasteiger partial charge in [0.2, 0.25) is 5.95 Å². The molecule has 2 aliphatic heterocycles. The molecule has 0 aliphatic carbocycles. The van der Waals surface area contributed by atoms with Gasteiger partial charge in [0.05, 0.1) is 0 Å². The molecule has 0 radical (unpaired) electrons. The summed E-state index contributed by atoms with van der Waals surface area (Å²) in [7, 11) is 0. The molecule has 4 heterocycles. The van der Waals surface area contributed by atoms with Crippen LogP contribution in [-0.2, 0) is 0 Å². The Morgan fingerprint density at radius 3 is 2.59 bits per heavy atom. The molecule has 22 heavy (non-hydrogen) atoms. The Balaban J connectivity index is 1.57. The maximum Gasteiger partial charge on any atom is 0.230 e. The third kappa shape index (κ3) is 2.64. The average molecular weight is 299 g/mol. The van der Waals surface area contributed by atoms with Crippen molar-refractivity contribution in [2.75, 3.05) is 23.3 Å². The molecule has 4 rings (SSSR count). The summed E-state index contributed by atoms with van der Waals surface area (Å²) in [4.78, 5) is 11.5. The summed E-state index contributed by atoms with van der Waals surface area (Å²) in [6, 6.07) is 5.20. The number of hydrogen-bond donors (Lipinski definition) is 3. The third-order valence-corrected chi connectivity index (χ3v) is 4.33. The van der Waals surface area contributed by atoms with Crippen molar-refractivity contribution >= 4 is 17.6 Å². The Hall–Kier alpha value is -2.15. The summed E-state index contributed by atoms with van der Waals surface area (Å²) in [5, 5.41) is 13.9. The van der Waals surface area contributed by atoms with Crippen molar-refractivity contribution in [3.8, 4) is 0 Å². The van der Waals surface area contributed by atoms with Crippen molar-refractivity contribution in [3.05, 3.63) is 23.5 Å². The molecule has 2 aliphatic rings. The molecule has 2 saturated heterocycles. The maximum absolute atomic E-state index is 4.68. The third-order valence-electron chi connectivity index (χ3n) is 4.33. The van der Waals surface area contributed by atoms with Gasteiger partial charge in [-0.1, -0.05) is 0 Å². The zero-order valence-electron chi connectivity index (χ0n) is 12.9. The lowest BCUT2D eigenvalue weighted by Crippen LogP contribution is -2.51. The number of nitrogens with one attached hydrogen (secondary N) is 3. The molecule has 7 nitrogen and oxygen atoms in total. The van der Waals surface area contributed by atoms with Crippen LogP contribution < -0.4 is 15.5 Å². The van der Waals surface area contributed by atoms with Gasteiger partial charge in [0.25, 0.3) is 0 Å². The van der Waals surface area contributed by atoms with Crippen molar-refractivity contribution in [2.24, 2.45) is 0 Å². The number of H-pyrrole nitrogens is 1. The van der Waals surface area contributed by atoms with E-state index in [-0.39, 0.29) is 0 Å². The van der Waals surface area contributed by atoms with Gasteiger partial charge in [-0.05, 0) is 26.7 Å². The first-order chi connectivity index (χ1) is 10.7. The number of hydrogen-bond acceptors (Lipinski definition) is 6. The van der Waals surface area contributed by atoms with E-state index in [1.807, 2.05) is 19.9 Å². The second kappa shape index (κ2) is 5.24. The lowest BCUT2D eigenvalue weighted by Gasteiger charge is -2.33. The standard InChI is InChI=1S/C15H21N7/c1-9-6-14(22-7-11-3-4-12(8-22)17-11)19-15(16-9)18-13-5-10(2)20-21-13/h5-6,11-12,17H,3-4,7-8H2,1-2H3,(H2,16,18,19,20,21)/t11-,12+. The van der Waals surface area contributed by atoms with Crippen molar-refractivity contribution in [1.29, 1.82) is 0 Å². The van der Waals surface area contributed by atoms with Gasteiger partial charge in [-0.2, -0.15) is 10.1 Å². The van der Waals surface area contributed by atoms with Gasteiger partial charge < -0.3 is 15.5 Å². The summed E-state index contributed by atoms with van der Waals surface area (Å²) in [6.45, 7) is 6.02. The van der Waals surface area contributed by atoms with Crippen LogP contribution in [0.1, 0.15) is 24.2 Å². The van der Waals surface area contributed by atoms with Crippen molar-refractivity contribution < 1.29 is 0 Å². The number of piperazine rings is 1. The van der Waals surface area contributed by atoms with Crippen molar-refractivity contribution in [3.63, 3.8) is 0 Å². The Labute approximate surface area is 129 Å². The van der Waals surface area contributed by atoms with Gasteiger partial charge in [-0.15, -0.1) is 0 Å². The van der Waals surface area contributed by atoms with Crippen LogP contribution in [0.25, 0.3) is 0 Å². The molecule has 0 unspecified atom stereocenters. The van der Waals surface area contributed by atoms with E-state index in [1.165, 1.54) is 12.8 Å². The second-order valence-electron chi connectivity index (χ2n) is 6.30. The fraction of sp³-hybridized carbons (Fsp3) is 0.533. The second-order valence-corrected chi connectivity index (χ2v) is 6.30. The number of fused-ring (bicyclic) bond motifs is 2. The normalized spacial score (nSPS) is 23.8. The van der Waals surface area contributed by atoms with Gasteiger partial charge in [-0.25, -0.2) is 4.98 Å². The first kappa shape index (κ1) is 13.5. The monoisotopic (exact) mass is 299 g/mol. The van der Waals surface area contributed by atoms with Crippen LogP contribution >= 0.6 is 0 Å². The molecule has 7 heteroatoms. The molecule has 2 bridgehead atoms. The molecule has 0 saturated carbocycles. The zero-order valence-corrected chi connectivity index (χ0v) is 12.9. The summed E-state index contributed by atoms with van der Waals surface area (Å²) >= 11 is 0. The Morgan fingerprint density at radius 2 is 1.91 bits per heavy atom. The van der Waals surface area contributed by atoms with E-state index in [9.17, 15) is 0 Å². The summed E-state index contributed by atoms with van der Waals surface area (Å²) in [6.07, 6.45) is 2.53. The SMILES string of the molecule is Cc1cc(N2C[C@H]3CC[C@@H](C2)N3)nc(Nc2cc(C)[nH]n2)n1. The topological polar surface area (TPSA) is 81.8 Å². The van der Waals surface area contributed by atoms with Crippen LogP contribution in [0.2, 0.25) is 0 Å². The number of aryl methyl sites for hydroxylation is 2. The lowest BCUT2D eigenvalue weighted by atomic mass is 10.2. The lowest BCUT2D eigenvalue weighted by molar-refractivity contribution is 0.463. The number of anilines is 3. The first-order valence-corrected chi connectivity index (χ1v) is 7.81. The fourth-order valence-corrected chi connectivity index (χ4v) is 3.35. The van der Waals surface area contributed by atoms with Crippen LogP contribution in [0.4, 0.5) is 17.6 Å². The van der Waals surface area contributed by atoms with Crippen LogP contribution in [-0.4, -0.2) is 45.3 Å². The van der Waals surface area contributed by atoms with Crippen LogP contribution in [0, 0.1) is 13.8 Å². The van der Waals surface area contributed by atoms with Crippen LogP contribution in [0.15, 0.2) is 12.1 Å². The molecule has 2 atom stereocenters. The van der Waals surface area contributed by atoms with Gasteiger partial charge in [0.1, 0.15) is 5.82 Å². The average Bonchev–Trinajstić information content (AvgIpc) is 3.03. The fourth-order valence-electron chi connectivity index (χ4n) is 3.35. The van der Waals surface area contributed by atoms with Gasteiger partial charge in [-0.3, -0.25) is 5.10 Å². The molecule has 0 aromatic carbocycles. The Kier molecular flexibility index (Phi) is 3.22. The molecular weight excluding hydrogens is 278 g/mol. The molecule has 0 spiro atoms. The van der Waals surface area contributed by atoms with E-state index >= 15 is 0 Å². The Bertz CT molecular complexity index is 668. The molecule has 2 aromatic rings. The van der Waals surface area contributed by atoms with E-state index in [1.54, 1.807) is 0 Å². The molecule has 116 valence electrons. The van der Waals surface area contributed by atoms with E-state index in [0.717, 1.165) is 36.1 Å². The highest BCUT2D eigenvalue weighted by molar-refractivity contribution is 5.52. The van der Waals surface area contributed by atoms with Crippen molar-refractivity contribution in [2.45, 2.75) is 38.8 Å². The predicted octanol–water partition coefficient (Wildman–Crippen LogP) is 1.50. The number of rotatable bonds is 3. The molecule has 0 amide bonds. The number of aromatic nitrogens is 4. The van der Waals surface area contributed by atoms with E-state index in [2.05, 4.69) is 41.8 Å². The predicted molar refractivity (Wildman–Crippen MR) is 85.5 cm³/mol. The molecule has 2 fully saturated rings. The van der Waals surface area contributed by atoms with E-state index in [0.29, 0.717) is 18.0 Å². The van der Waals surface area contributed by atoms with Gasteiger partial charge >= 0.3 is 0 Å². The summed E-state index contributed by atoms with van der Waals surface area (Å²) in [5.41, 5.74) is 1.97. The summed E-state index contributed by atoms with van der Waals surface area (Å²) in [5.74, 6) is 2.35. The Morgan fingerprint density at radius 1 is 1.14 bits per heavy atom. The number of aromatic amines is 1. The molecule has 3 N–H and O–H groups in total. The minimum atomic E-state index is 0.597. The van der Waals surface area contributed by atoms with Gasteiger partial charge in [0, 0.05) is 48.7 Å². The quantitative estimate of drug-likeness (QED) is 0.797. The molecule has 2 aromatic heterocycles. The van der Waals surface area contributed by atoms with Crippen LogP contribution in [0.5, 0.6) is 0 Å². The van der Waals surface area contributed by atoms with E-state index < -0.39 is 0 Å². The smallest absolute Gasteiger partial charge is 0.230 e.